The molecule has 0 aliphatic carbocycles. The number of rotatable bonds is 8. The van der Waals surface area contributed by atoms with E-state index in [1.54, 1.807) is 0 Å². The third-order valence-electron chi connectivity index (χ3n) is 3.28. The molecule has 0 unspecified atom stereocenters. The zero-order valence-electron chi connectivity index (χ0n) is 13.0. The van der Waals surface area contributed by atoms with Gasteiger partial charge in [0.2, 0.25) is 0 Å². The summed E-state index contributed by atoms with van der Waals surface area (Å²) in [6.45, 7) is 2.97. The van der Waals surface area contributed by atoms with Crippen LogP contribution in [0.4, 0.5) is 0 Å². The lowest BCUT2D eigenvalue weighted by atomic mass is 10.1. The van der Waals surface area contributed by atoms with Gasteiger partial charge in [-0.3, -0.25) is 4.79 Å². The minimum Gasteiger partial charge on any atom is -0.489 e. The summed E-state index contributed by atoms with van der Waals surface area (Å²) >= 11 is 0. The van der Waals surface area contributed by atoms with E-state index in [0.717, 1.165) is 29.7 Å². The first-order valence-corrected chi connectivity index (χ1v) is 7.69. The number of carbonyl (C=O) groups is 1. The maximum atomic E-state index is 11.3. The number of hydrogen-bond acceptors (Lipinski definition) is 3. The van der Waals surface area contributed by atoms with E-state index in [2.05, 4.69) is 0 Å². The second-order valence-corrected chi connectivity index (χ2v) is 5.14. The summed E-state index contributed by atoms with van der Waals surface area (Å²) in [6.07, 6.45) is 2.05. The second-order valence-electron chi connectivity index (χ2n) is 5.14. The van der Waals surface area contributed by atoms with Crippen LogP contribution in [0.1, 0.15) is 30.9 Å². The SMILES string of the molecule is CCCC(=O)OCCc1ccc(OCc2ccccc2)cc1. The molecule has 0 aliphatic rings. The van der Waals surface area contributed by atoms with Crippen molar-refractivity contribution in [2.75, 3.05) is 6.61 Å². The molecule has 0 spiro atoms. The van der Waals surface area contributed by atoms with E-state index >= 15 is 0 Å². The van der Waals surface area contributed by atoms with E-state index in [1.165, 1.54) is 0 Å². The minimum atomic E-state index is -0.120. The Morgan fingerprint density at radius 3 is 2.36 bits per heavy atom. The lowest BCUT2D eigenvalue weighted by Gasteiger charge is -2.08. The van der Waals surface area contributed by atoms with E-state index in [-0.39, 0.29) is 5.97 Å². The fourth-order valence-corrected chi connectivity index (χ4v) is 2.05. The predicted molar refractivity (Wildman–Crippen MR) is 86.8 cm³/mol. The molecule has 2 rings (SSSR count). The van der Waals surface area contributed by atoms with Crippen molar-refractivity contribution >= 4 is 5.97 Å². The summed E-state index contributed by atoms with van der Waals surface area (Å²) in [7, 11) is 0. The van der Waals surface area contributed by atoms with Gasteiger partial charge >= 0.3 is 5.97 Å². The molecule has 22 heavy (non-hydrogen) atoms. The van der Waals surface area contributed by atoms with Gasteiger partial charge in [-0.15, -0.1) is 0 Å². The molecule has 2 aromatic carbocycles. The molecule has 0 atom stereocenters. The van der Waals surface area contributed by atoms with E-state index in [4.69, 9.17) is 9.47 Å². The Labute approximate surface area is 131 Å². The zero-order chi connectivity index (χ0) is 15.6. The Kier molecular flexibility index (Phi) is 6.49. The molecule has 0 fully saturated rings. The summed E-state index contributed by atoms with van der Waals surface area (Å²) in [6, 6.07) is 18.0. The van der Waals surface area contributed by atoms with Gasteiger partial charge in [0.15, 0.2) is 0 Å². The normalized spacial score (nSPS) is 10.2. The molecule has 2 aromatic rings. The summed E-state index contributed by atoms with van der Waals surface area (Å²) < 4.78 is 10.9. The van der Waals surface area contributed by atoms with Crippen LogP contribution in [0, 0.1) is 0 Å². The van der Waals surface area contributed by atoms with Crippen LogP contribution in [0.3, 0.4) is 0 Å². The van der Waals surface area contributed by atoms with Gasteiger partial charge in [0.25, 0.3) is 0 Å². The van der Waals surface area contributed by atoms with E-state index in [0.29, 0.717) is 19.6 Å². The zero-order valence-corrected chi connectivity index (χ0v) is 13.0. The Morgan fingerprint density at radius 1 is 0.955 bits per heavy atom. The van der Waals surface area contributed by atoms with Crippen LogP contribution in [0.15, 0.2) is 54.6 Å². The van der Waals surface area contributed by atoms with Gasteiger partial charge in [-0.25, -0.2) is 0 Å². The van der Waals surface area contributed by atoms with Crippen LogP contribution in [0.5, 0.6) is 5.75 Å². The van der Waals surface area contributed by atoms with Crippen molar-refractivity contribution in [3.8, 4) is 5.75 Å². The molecule has 0 radical (unpaired) electrons. The number of benzene rings is 2. The Morgan fingerprint density at radius 2 is 1.68 bits per heavy atom. The molecule has 0 aliphatic heterocycles. The van der Waals surface area contributed by atoms with Crippen LogP contribution in [-0.4, -0.2) is 12.6 Å². The van der Waals surface area contributed by atoms with Gasteiger partial charge in [-0.2, -0.15) is 0 Å². The lowest BCUT2D eigenvalue weighted by Crippen LogP contribution is -2.07. The summed E-state index contributed by atoms with van der Waals surface area (Å²) in [5, 5.41) is 0. The van der Waals surface area contributed by atoms with Crippen molar-refractivity contribution in [1.82, 2.24) is 0 Å². The third-order valence-corrected chi connectivity index (χ3v) is 3.28. The van der Waals surface area contributed by atoms with Crippen molar-refractivity contribution in [1.29, 1.82) is 0 Å². The number of ether oxygens (including phenoxy) is 2. The summed E-state index contributed by atoms with van der Waals surface area (Å²) in [5.74, 6) is 0.723. The monoisotopic (exact) mass is 298 g/mol. The molecule has 116 valence electrons. The molecular weight excluding hydrogens is 276 g/mol. The number of hydrogen-bond donors (Lipinski definition) is 0. The average molecular weight is 298 g/mol. The average Bonchev–Trinajstić information content (AvgIpc) is 2.55. The van der Waals surface area contributed by atoms with Crippen LogP contribution in [-0.2, 0) is 22.6 Å². The van der Waals surface area contributed by atoms with Gasteiger partial charge < -0.3 is 9.47 Å². The van der Waals surface area contributed by atoms with E-state index in [9.17, 15) is 4.79 Å². The molecule has 0 saturated carbocycles. The smallest absolute Gasteiger partial charge is 0.305 e. The Hall–Kier alpha value is -2.29. The quantitative estimate of drug-likeness (QED) is 0.687. The fraction of sp³-hybridized carbons (Fsp3) is 0.316. The van der Waals surface area contributed by atoms with Crippen molar-refractivity contribution in [2.24, 2.45) is 0 Å². The fourth-order valence-electron chi connectivity index (χ4n) is 2.05. The van der Waals surface area contributed by atoms with Gasteiger partial charge in [-0.1, -0.05) is 49.4 Å². The molecule has 0 saturated heterocycles. The highest BCUT2D eigenvalue weighted by Crippen LogP contribution is 2.14. The predicted octanol–water partition coefficient (Wildman–Crippen LogP) is 4.15. The molecule has 3 heteroatoms. The van der Waals surface area contributed by atoms with Crippen molar-refractivity contribution < 1.29 is 14.3 Å². The third kappa shape index (κ3) is 5.60. The van der Waals surface area contributed by atoms with Gasteiger partial charge in [0.05, 0.1) is 6.61 Å². The van der Waals surface area contributed by atoms with Gasteiger partial charge in [0, 0.05) is 12.8 Å². The maximum absolute atomic E-state index is 11.3. The molecule has 0 aromatic heterocycles. The first-order valence-electron chi connectivity index (χ1n) is 7.69. The van der Waals surface area contributed by atoms with Gasteiger partial charge in [-0.05, 0) is 29.7 Å². The topological polar surface area (TPSA) is 35.5 Å². The molecule has 0 heterocycles. The van der Waals surface area contributed by atoms with Crippen molar-refractivity contribution in [2.45, 2.75) is 32.8 Å². The highest BCUT2D eigenvalue weighted by molar-refractivity contribution is 5.69. The second kappa shape index (κ2) is 8.88. The molecule has 0 bridgehead atoms. The Bertz CT molecular complexity index is 561. The van der Waals surface area contributed by atoms with Crippen LogP contribution < -0.4 is 4.74 Å². The highest BCUT2D eigenvalue weighted by atomic mass is 16.5. The number of carbonyl (C=O) groups excluding carboxylic acids is 1. The van der Waals surface area contributed by atoms with Gasteiger partial charge in [0.1, 0.15) is 12.4 Å². The summed E-state index contributed by atoms with van der Waals surface area (Å²) in [5.41, 5.74) is 2.28. The van der Waals surface area contributed by atoms with E-state index < -0.39 is 0 Å². The molecule has 0 N–H and O–H groups in total. The lowest BCUT2D eigenvalue weighted by molar-refractivity contribution is -0.143. The largest absolute Gasteiger partial charge is 0.489 e. The van der Waals surface area contributed by atoms with Crippen LogP contribution in [0.25, 0.3) is 0 Å². The first kappa shape index (κ1) is 16.1. The molecular formula is C19H22O3. The minimum absolute atomic E-state index is 0.120. The number of esters is 1. The first-order chi connectivity index (χ1) is 10.8. The van der Waals surface area contributed by atoms with Crippen LogP contribution >= 0.6 is 0 Å². The van der Waals surface area contributed by atoms with E-state index in [1.807, 2.05) is 61.5 Å². The molecule has 0 amide bonds. The maximum Gasteiger partial charge on any atom is 0.305 e. The highest BCUT2D eigenvalue weighted by Gasteiger charge is 2.01. The molecule has 3 nitrogen and oxygen atoms in total. The standard InChI is InChI=1S/C19H22O3/c1-2-6-19(20)21-14-13-16-9-11-18(12-10-16)22-15-17-7-4-3-5-8-17/h3-5,7-12H,2,6,13-15H2,1H3. The van der Waals surface area contributed by atoms with Crippen molar-refractivity contribution in [3.63, 3.8) is 0 Å². The van der Waals surface area contributed by atoms with Crippen LogP contribution in [0.2, 0.25) is 0 Å². The summed E-state index contributed by atoms with van der Waals surface area (Å²) in [4.78, 5) is 11.3. The van der Waals surface area contributed by atoms with Crippen molar-refractivity contribution in [3.05, 3.63) is 65.7 Å². The Balaban J connectivity index is 1.74.